The van der Waals surface area contributed by atoms with Crippen LogP contribution < -0.4 is 0 Å². The summed E-state index contributed by atoms with van der Waals surface area (Å²) in [7, 11) is 0. The van der Waals surface area contributed by atoms with Crippen LogP contribution in [-0.4, -0.2) is 67.6 Å². The van der Waals surface area contributed by atoms with E-state index in [0.717, 1.165) is 0 Å². The third-order valence-corrected chi connectivity index (χ3v) is 5.38. The lowest BCUT2D eigenvalue weighted by atomic mass is 9.89. The van der Waals surface area contributed by atoms with Gasteiger partial charge in [0.05, 0.1) is 19.8 Å². The van der Waals surface area contributed by atoms with Gasteiger partial charge in [-0.2, -0.15) is 0 Å². The Balaban J connectivity index is 1.69. The fraction of sp³-hybridized carbons (Fsp3) is 0.842. The zero-order chi connectivity index (χ0) is 19.6. The van der Waals surface area contributed by atoms with Crippen molar-refractivity contribution in [2.75, 3.05) is 19.8 Å². The average Bonchev–Trinajstić information content (AvgIpc) is 3.24. The number of rotatable bonds is 3. The molecular formula is C19H28O8. The lowest BCUT2D eigenvalue weighted by Crippen LogP contribution is -2.51. The Labute approximate surface area is 159 Å². The number of hydrogen-bond acceptors (Lipinski definition) is 8. The van der Waals surface area contributed by atoms with E-state index in [1.807, 2.05) is 27.7 Å². The number of esters is 1. The van der Waals surface area contributed by atoms with E-state index in [-0.39, 0.29) is 19.3 Å². The van der Waals surface area contributed by atoms with Gasteiger partial charge in [-0.05, 0) is 40.2 Å². The van der Waals surface area contributed by atoms with Gasteiger partial charge in [0.25, 0.3) is 0 Å². The van der Waals surface area contributed by atoms with Crippen molar-refractivity contribution in [2.45, 2.75) is 76.4 Å². The van der Waals surface area contributed by atoms with Gasteiger partial charge < -0.3 is 33.2 Å². The number of carbonyl (C=O) groups is 1. The molecule has 152 valence electrons. The van der Waals surface area contributed by atoms with Crippen LogP contribution in [0, 0.1) is 5.92 Å². The van der Waals surface area contributed by atoms with Gasteiger partial charge >= 0.3 is 5.97 Å². The highest BCUT2D eigenvalue weighted by Gasteiger charge is 2.72. The summed E-state index contributed by atoms with van der Waals surface area (Å²) in [5, 5.41) is 0. The molecule has 6 atom stereocenters. The van der Waals surface area contributed by atoms with Gasteiger partial charge in [-0.15, -0.1) is 0 Å². The van der Waals surface area contributed by atoms with Crippen LogP contribution in [0.15, 0.2) is 12.2 Å². The third-order valence-electron chi connectivity index (χ3n) is 5.38. The summed E-state index contributed by atoms with van der Waals surface area (Å²) < 4.78 is 41.6. The Morgan fingerprint density at radius 3 is 2.44 bits per heavy atom. The minimum absolute atomic E-state index is 0.191. The molecule has 4 heterocycles. The van der Waals surface area contributed by atoms with Crippen LogP contribution in [0.4, 0.5) is 0 Å². The second-order valence-corrected chi connectivity index (χ2v) is 8.32. The normalized spacial score (nSPS) is 44.8. The molecule has 0 aromatic rings. The van der Waals surface area contributed by atoms with Gasteiger partial charge in [0.15, 0.2) is 11.6 Å². The summed E-state index contributed by atoms with van der Waals surface area (Å²) in [6.45, 7) is 13.9. The molecule has 4 rings (SSSR count). The molecule has 27 heavy (non-hydrogen) atoms. The smallest absolute Gasteiger partial charge is 0.318 e. The van der Waals surface area contributed by atoms with E-state index in [0.29, 0.717) is 12.2 Å². The molecule has 0 aliphatic carbocycles. The highest BCUT2D eigenvalue weighted by Crippen LogP contribution is 2.54. The molecular weight excluding hydrogens is 356 g/mol. The first-order valence-electron chi connectivity index (χ1n) is 9.42. The summed E-state index contributed by atoms with van der Waals surface area (Å²) in [6.07, 6.45) is -1.96. The first kappa shape index (κ1) is 19.3. The molecule has 4 aliphatic rings. The van der Waals surface area contributed by atoms with E-state index >= 15 is 0 Å². The Hall–Kier alpha value is -1.03. The zero-order valence-corrected chi connectivity index (χ0v) is 16.5. The average molecular weight is 384 g/mol. The molecule has 1 spiro atoms. The second-order valence-electron chi connectivity index (χ2n) is 8.32. The van der Waals surface area contributed by atoms with Crippen molar-refractivity contribution in [1.82, 2.24) is 0 Å². The maximum atomic E-state index is 12.7. The van der Waals surface area contributed by atoms with Crippen molar-refractivity contribution in [3.8, 4) is 0 Å². The quantitative estimate of drug-likeness (QED) is 0.535. The van der Waals surface area contributed by atoms with Crippen LogP contribution in [0.5, 0.6) is 0 Å². The predicted octanol–water partition coefficient (Wildman–Crippen LogP) is 1.52. The summed E-state index contributed by atoms with van der Waals surface area (Å²) in [5.74, 6) is -4.12. The van der Waals surface area contributed by atoms with Crippen molar-refractivity contribution in [1.29, 1.82) is 0 Å². The molecule has 8 heteroatoms. The number of carbonyl (C=O) groups excluding carboxylic acids is 1. The summed E-state index contributed by atoms with van der Waals surface area (Å²) >= 11 is 0. The molecule has 0 unspecified atom stereocenters. The molecule has 4 fully saturated rings. The maximum absolute atomic E-state index is 12.7. The maximum Gasteiger partial charge on any atom is 0.318 e. The van der Waals surface area contributed by atoms with Gasteiger partial charge in [-0.25, -0.2) is 0 Å². The third kappa shape index (κ3) is 3.03. The first-order chi connectivity index (χ1) is 12.6. The molecule has 0 aromatic heterocycles. The molecule has 0 amide bonds. The van der Waals surface area contributed by atoms with Gasteiger partial charge in [0.2, 0.25) is 5.79 Å². The Morgan fingerprint density at radius 1 is 1.07 bits per heavy atom. The molecule has 0 bridgehead atoms. The standard InChI is InChI=1S/C19H28O8/c1-7-21-16(20)12-10(2)8-23-19(12)15-14(25-18(5,6)27-15)13(26-19)11-9-22-17(3,4)24-11/h11-15H,2,7-9H2,1,3-6H3/t11-,12+,13-,14-,15-,19-/m1/s1. The first-order valence-corrected chi connectivity index (χ1v) is 9.42. The predicted molar refractivity (Wildman–Crippen MR) is 91.5 cm³/mol. The fourth-order valence-electron chi connectivity index (χ4n) is 4.41. The van der Waals surface area contributed by atoms with Crippen LogP contribution in [0.2, 0.25) is 0 Å². The minimum atomic E-state index is -1.34. The van der Waals surface area contributed by atoms with Crippen molar-refractivity contribution in [3.05, 3.63) is 12.2 Å². The minimum Gasteiger partial charge on any atom is -0.465 e. The molecule has 4 saturated heterocycles. The lowest BCUT2D eigenvalue weighted by molar-refractivity contribution is -0.298. The summed E-state index contributed by atoms with van der Waals surface area (Å²) in [5.41, 5.74) is 0.602. The van der Waals surface area contributed by atoms with Crippen molar-refractivity contribution < 1.29 is 38.0 Å². The van der Waals surface area contributed by atoms with Gasteiger partial charge in [0, 0.05) is 0 Å². The van der Waals surface area contributed by atoms with E-state index < -0.39 is 47.6 Å². The monoisotopic (exact) mass is 384 g/mol. The molecule has 0 N–H and O–H groups in total. The Morgan fingerprint density at radius 2 is 1.81 bits per heavy atom. The van der Waals surface area contributed by atoms with E-state index in [2.05, 4.69) is 6.58 Å². The van der Waals surface area contributed by atoms with E-state index in [1.165, 1.54) is 0 Å². The van der Waals surface area contributed by atoms with Crippen LogP contribution in [-0.2, 0) is 38.0 Å². The number of hydrogen-bond donors (Lipinski definition) is 0. The molecule has 0 aromatic carbocycles. The van der Waals surface area contributed by atoms with Crippen molar-refractivity contribution >= 4 is 5.97 Å². The van der Waals surface area contributed by atoms with Gasteiger partial charge in [0.1, 0.15) is 30.3 Å². The number of fused-ring (bicyclic) bond motifs is 2. The molecule has 8 nitrogen and oxygen atoms in total. The molecule has 0 saturated carbocycles. The molecule has 4 aliphatic heterocycles. The van der Waals surface area contributed by atoms with Crippen LogP contribution in [0.1, 0.15) is 34.6 Å². The van der Waals surface area contributed by atoms with Crippen LogP contribution >= 0.6 is 0 Å². The van der Waals surface area contributed by atoms with Crippen molar-refractivity contribution in [2.24, 2.45) is 5.92 Å². The summed E-state index contributed by atoms with van der Waals surface area (Å²) in [6, 6.07) is 0. The number of ether oxygens (including phenoxy) is 7. The van der Waals surface area contributed by atoms with E-state index in [9.17, 15) is 4.79 Å². The highest BCUT2D eigenvalue weighted by molar-refractivity contribution is 5.78. The van der Waals surface area contributed by atoms with Gasteiger partial charge in [-0.3, -0.25) is 4.79 Å². The Bertz CT molecular complexity index is 644. The lowest BCUT2D eigenvalue weighted by Gasteiger charge is -2.34. The largest absolute Gasteiger partial charge is 0.465 e. The van der Waals surface area contributed by atoms with Crippen LogP contribution in [0.25, 0.3) is 0 Å². The van der Waals surface area contributed by atoms with Crippen molar-refractivity contribution in [3.63, 3.8) is 0 Å². The zero-order valence-electron chi connectivity index (χ0n) is 16.5. The highest BCUT2D eigenvalue weighted by atomic mass is 16.8. The van der Waals surface area contributed by atoms with Crippen LogP contribution in [0.3, 0.4) is 0 Å². The SMILES string of the molecule is C=C1CO[C@@]2(O[C@H]([C@H]3COC(C)(C)O3)[C@H]3OC(C)(C)O[C@H]32)[C@@H]1C(=O)OCC. The Kier molecular flexibility index (Phi) is 4.46. The fourth-order valence-corrected chi connectivity index (χ4v) is 4.41. The topological polar surface area (TPSA) is 81.7 Å². The second kappa shape index (κ2) is 6.23. The summed E-state index contributed by atoms with van der Waals surface area (Å²) in [4.78, 5) is 12.7. The van der Waals surface area contributed by atoms with Gasteiger partial charge in [-0.1, -0.05) is 6.58 Å². The molecule has 0 radical (unpaired) electrons. The van der Waals surface area contributed by atoms with E-state index in [1.54, 1.807) is 6.92 Å². The van der Waals surface area contributed by atoms with E-state index in [4.69, 9.17) is 33.2 Å².